The average molecular weight is 385 g/mol. The summed E-state index contributed by atoms with van der Waals surface area (Å²) in [5.41, 5.74) is 0.212. The Bertz CT molecular complexity index is 802. The van der Waals surface area contributed by atoms with Crippen LogP contribution in [0.15, 0.2) is 24.3 Å². The Morgan fingerprint density at radius 1 is 1.18 bits per heavy atom. The van der Waals surface area contributed by atoms with E-state index in [1.165, 1.54) is 0 Å². The summed E-state index contributed by atoms with van der Waals surface area (Å²) in [4.78, 5) is 52.1. The lowest BCUT2D eigenvalue weighted by molar-refractivity contribution is -0.130. The topological polar surface area (TPSA) is 86.8 Å². The van der Waals surface area contributed by atoms with E-state index in [9.17, 15) is 19.2 Å². The molecule has 1 atom stereocenters. The van der Waals surface area contributed by atoms with Gasteiger partial charge in [0.15, 0.2) is 5.78 Å². The molecule has 0 radical (unpaired) electrons. The molecule has 2 heterocycles. The summed E-state index contributed by atoms with van der Waals surface area (Å²) >= 11 is 0. The van der Waals surface area contributed by atoms with Crippen LogP contribution in [0.25, 0.3) is 0 Å². The molecule has 3 rings (SSSR count). The van der Waals surface area contributed by atoms with Crippen LogP contribution in [0.4, 0.5) is 10.5 Å². The molecule has 2 saturated heterocycles. The summed E-state index contributed by atoms with van der Waals surface area (Å²) in [5, 5.41) is 2.73. The van der Waals surface area contributed by atoms with Crippen molar-refractivity contribution in [2.45, 2.75) is 52.0 Å². The highest BCUT2D eigenvalue weighted by atomic mass is 16.2. The maximum atomic E-state index is 12.7. The Labute approximate surface area is 165 Å². The number of hydrogen-bond acceptors (Lipinski definition) is 4. The third-order valence-electron chi connectivity index (χ3n) is 5.44. The fraction of sp³-hybridized carbons (Fsp3) is 0.524. The zero-order valence-electron chi connectivity index (χ0n) is 16.7. The minimum absolute atomic E-state index is 0.0825. The van der Waals surface area contributed by atoms with Crippen LogP contribution < -0.4 is 10.2 Å². The Morgan fingerprint density at radius 3 is 2.43 bits per heavy atom. The van der Waals surface area contributed by atoms with E-state index in [4.69, 9.17) is 0 Å². The predicted octanol–water partition coefficient (Wildman–Crippen LogP) is 2.74. The molecule has 28 heavy (non-hydrogen) atoms. The van der Waals surface area contributed by atoms with E-state index in [1.54, 1.807) is 36.1 Å². The predicted molar refractivity (Wildman–Crippen MR) is 105 cm³/mol. The number of benzene rings is 1. The summed E-state index contributed by atoms with van der Waals surface area (Å²) in [6.07, 6.45) is 2.73. The lowest BCUT2D eigenvalue weighted by Crippen LogP contribution is -2.44. The molecule has 1 aromatic rings. The lowest BCUT2D eigenvalue weighted by atomic mass is 9.92. The van der Waals surface area contributed by atoms with Crippen molar-refractivity contribution in [3.05, 3.63) is 29.8 Å². The second kappa shape index (κ2) is 7.73. The molecule has 7 nitrogen and oxygen atoms in total. The summed E-state index contributed by atoms with van der Waals surface area (Å²) < 4.78 is 0. The summed E-state index contributed by atoms with van der Waals surface area (Å²) in [6, 6.07) is 6.22. The van der Waals surface area contributed by atoms with Gasteiger partial charge in [-0.05, 0) is 56.4 Å². The van der Waals surface area contributed by atoms with Crippen molar-refractivity contribution in [3.8, 4) is 0 Å². The number of urea groups is 1. The van der Waals surface area contributed by atoms with E-state index >= 15 is 0 Å². The van der Waals surface area contributed by atoms with Crippen molar-refractivity contribution in [2.75, 3.05) is 18.0 Å². The van der Waals surface area contributed by atoms with Gasteiger partial charge in [0.1, 0.15) is 5.54 Å². The number of nitrogens with zero attached hydrogens (tertiary/aromatic N) is 2. The Balaban J connectivity index is 1.66. The molecule has 1 aromatic carbocycles. The Kier molecular flexibility index (Phi) is 5.54. The molecule has 2 fully saturated rings. The number of rotatable bonds is 7. The van der Waals surface area contributed by atoms with E-state index in [2.05, 4.69) is 19.2 Å². The number of imide groups is 1. The number of carbonyl (C=O) groups is 4. The average Bonchev–Trinajstić information content (AvgIpc) is 3.17. The van der Waals surface area contributed by atoms with Gasteiger partial charge in [-0.3, -0.25) is 19.3 Å². The molecule has 0 bridgehead atoms. The van der Waals surface area contributed by atoms with E-state index in [0.29, 0.717) is 30.9 Å². The van der Waals surface area contributed by atoms with Gasteiger partial charge in [0, 0.05) is 24.2 Å². The molecule has 0 spiro atoms. The monoisotopic (exact) mass is 385 g/mol. The van der Waals surface area contributed by atoms with Gasteiger partial charge in [-0.2, -0.15) is 0 Å². The van der Waals surface area contributed by atoms with E-state index < -0.39 is 11.6 Å². The number of amides is 4. The van der Waals surface area contributed by atoms with Crippen LogP contribution in [0.3, 0.4) is 0 Å². The van der Waals surface area contributed by atoms with Gasteiger partial charge in [-0.15, -0.1) is 0 Å². The quantitative estimate of drug-likeness (QED) is 0.578. The minimum atomic E-state index is -0.957. The fourth-order valence-electron chi connectivity index (χ4n) is 3.62. The number of ketones is 1. The molecule has 0 saturated carbocycles. The van der Waals surface area contributed by atoms with Gasteiger partial charge < -0.3 is 10.2 Å². The van der Waals surface area contributed by atoms with Crippen LogP contribution in [0.1, 0.15) is 56.8 Å². The van der Waals surface area contributed by atoms with Crippen molar-refractivity contribution in [2.24, 2.45) is 5.92 Å². The first kappa shape index (κ1) is 20.0. The van der Waals surface area contributed by atoms with Crippen molar-refractivity contribution in [1.82, 2.24) is 10.2 Å². The van der Waals surface area contributed by atoms with E-state index in [-0.39, 0.29) is 24.1 Å². The van der Waals surface area contributed by atoms with Crippen LogP contribution in [-0.2, 0) is 9.59 Å². The van der Waals surface area contributed by atoms with Gasteiger partial charge in [0.25, 0.3) is 5.91 Å². The first-order chi connectivity index (χ1) is 13.2. The summed E-state index contributed by atoms with van der Waals surface area (Å²) in [6.45, 7) is 6.23. The van der Waals surface area contributed by atoms with Gasteiger partial charge in [-0.25, -0.2) is 4.79 Å². The smallest absolute Gasteiger partial charge is 0.323 e. The molecule has 1 N–H and O–H groups in total. The second-order valence-electron chi connectivity index (χ2n) is 8.21. The molecule has 7 heteroatoms. The van der Waals surface area contributed by atoms with Crippen molar-refractivity contribution in [1.29, 1.82) is 0 Å². The minimum Gasteiger partial charge on any atom is -0.323 e. The normalized spacial score (nSPS) is 22.4. The van der Waals surface area contributed by atoms with Crippen molar-refractivity contribution < 1.29 is 19.2 Å². The first-order valence-corrected chi connectivity index (χ1v) is 9.79. The molecule has 4 amide bonds. The highest BCUT2D eigenvalue weighted by Gasteiger charge is 2.47. The molecular formula is C21H27N3O4. The number of carbonyl (C=O) groups excluding carboxylic acids is 4. The van der Waals surface area contributed by atoms with Crippen molar-refractivity contribution >= 4 is 29.3 Å². The Hall–Kier alpha value is -2.70. The molecular weight excluding hydrogens is 358 g/mol. The van der Waals surface area contributed by atoms with Crippen LogP contribution >= 0.6 is 0 Å². The zero-order chi connectivity index (χ0) is 20.5. The number of anilines is 1. The summed E-state index contributed by atoms with van der Waals surface area (Å²) in [5.74, 6) is -0.168. The molecule has 2 aliphatic heterocycles. The maximum absolute atomic E-state index is 12.7. The van der Waals surface area contributed by atoms with Crippen LogP contribution in [0.5, 0.6) is 0 Å². The number of nitrogens with one attached hydrogen (secondary N) is 1. The molecule has 0 aliphatic carbocycles. The van der Waals surface area contributed by atoms with Gasteiger partial charge in [0.05, 0.1) is 6.54 Å². The summed E-state index contributed by atoms with van der Waals surface area (Å²) in [7, 11) is 0. The van der Waals surface area contributed by atoms with Crippen molar-refractivity contribution in [3.63, 3.8) is 0 Å². The molecule has 150 valence electrons. The highest BCUT2D eigenvalue weighted by molar-refractivity contribution is 6.11. The van der Waals surface area contributed by atoms with Gasteiger partial charge >= 0.3 is 6.03 Å². The SMILES string of the molecule is CC(C)CC[C@]1(C)NC(=O)N(CC(=O)c2ccc(N3CCCC3=O)cc2)C1=O. The molecule has 0 unspecified atom stereocenters. The van der Waals surface area contributed by atoms with Gasteiger partial charge in [0.2, 0.25) is 5.91 Å². The highest BCUT2D eigenvalue weighted by Crippen LogP contribution is 2.26. The standard InChI is InChI=1S/C21H27N3O4/c1-14(2)10-11-21(3)19(27)24(20(28)22-21)13-17(25)15-6-8-16(9-7-15)23-12-4-5-18(23)26/h6-9,14H,4-5,10-13H2,1-3H3,(H,22,28)/t21-/m0/s1. The lowest BCUT2D eigenvalue weighted by Gasteiger charge is -2.22. The van der Waals surface area contributed by atoms with Crippen LogP contribution in [0, 0.1) is 5.92 Å². The van der Waals surface area contributed by atoms with Gasteiger partial charge in [-0.1, -0.05) is 13.8 Å². The largest absolute Gasteiger partial charge is 0.325 e. The first-order valence-electron chi connectivity index (χ1n) is 9.79. The van der Waals surface area contributed by atoms with Crippen LogP contribution in [-0.4, -0.2) is 47.2 Å². The number of Topliss-reactive ketones (excluding diaryl/α,β-unsaturated/α-hetero) is 1. The number of hydrogen-bond donors (Lipinski definition) is 1. The zero-order valence-corrected chi connectivity index (χ0v) is 16.7. The molecule has 0 aromatic heterocycles. The second-order valence-corrected chi connectivity index (χ2v) is 8.21. The maximum Gasteiger partial charge on any atom is 0.325 e. The van der Waals surface area contributed by atoms with Crippen LogP contribution in [0.2, 0.25) is 0 Å². The fourth-order valence-corrected chi connectivity index (χ4v) is 3.62. The third-order valence-corrected chi connectivity index (χ3v) is 5.44. The molecule has 2 aliphatic rings. The van der Waals surface area contributed by atoms with E-state index in [0.717, 1.165) is 23.4 Å². The Morgan fingerprint density at radius 2 is 1.86 bits per heavy atom. The van der Waals surface area contributed by atoms with E-state index in [1.807, 2.05) is 0 Å². The third kappa shape index (κ3) is 3.93.